The van der Waals surface area contributed by atoms with Gasteiger partial charge in [-0.25, -0.2) is 0 Å². The van der Waals surface area contributed by atoms with Crippen LogP contribution in [0.25, 0.3) is 0 Å². The van der Waals surface area contributed by atoms with Crippen LogP contribution in [0.15, 0.2) is 18.2 Å². The van der Waals surface area contributed by atoms with Gasteiger partial charge in [-0.05, 0) is 44.1 Å². The SMILES string of the molecule is CNC(c1ccc2c(c1)NC(=O)C(C)O2)C(C)CN. The molecule has 1 heterocycles. The highest BCUT2D eigenvalue weighted by Gasteiger charge is 2.25. The fourth-order valence-electron chi connectivity index (χ4n) is 2.34. The Morgan fingerprint density at radius 1 is 1.53 bits per heavy atom. The molecule has 3 unspecified atom stereocenters. The molecule has 5 nitrogen and oxygen atoms in total. The van der Waals surface area contributed by atoms with E-state index in [1.54, 1.807) is 6.92 Å². The van der Waals surface area contributed by atoms with Crippen LogP contribution in [0.5, 0.6) is 5.75 Å². The Hall–Kier alpha value is -1.59. The van der Waals surface area contributed by atoms with Crippen molar-refractivity contribution in [1.29, 1.82) is 0 Å². The smallest absolute Gasteiger partial charge is 0.265 e. The molecule has 0 saturated carbocycles. The summed E-state index contributed by atoms with van der Waals surface area (Å²) < 4.78 is 5.54. The van der Waals surface area contributed by atoms with Gasteiger partial charge in [0.1, 0.15) is 5.75 Å². The summed E-state index contributed by atoms with van der Waals surface area (Å²) in [5, 5.41) is 6.13. The molecule has 0 aromatic heterocycles. The van der Waals surface area contributed by atoms with E-state index >= 15 is 0 Å². The summed E-state index contributed by atoms with van der Waals surface area (Å²) in [5.41, 5.74) is 7.55. The third kappa shape index (κ3) is 2.72. The zero-order valence-corrected chi connectivity index (χ0v) is 11.6. The first-order valence-corrected chi connectivity index (χ1v) is 6.55. The Morgan fingerprint density at radius 2 is 2.26 bits per heavy atom. The third-order valence-corrected chi connectivity index (χ3v) is 3.55. The summed E-state index contributed by atoms with van der Waals surface area (Å²) in [5.74, 6) is 0.908. The topological polar surface area (TPSA) is 76.4 Å². The van der Waals surface area contributed by atoms with Gasteiger partial charge >= 0.3 is 0 Å². The first-order chi connectivity index (χ1) is 9.06. The van der Waals surface area contributed by atoms with Crippen molar-refractivity contribution in [2.24, 2.45) is 11.7 Å². The second-order valence-electron chi connectivity index (χ2n) is 4.98. The Balaban J connectivity index is 2.30. The van der Waals surface area contributed by atoms with E-state index in [1.165, 1.54) is 0 Å². The molecule has 3 atom stereocenters. The van der Waals surface area contributed by atoms with Crippen molar-refractivity contribution in [3.8, 4) is 5.75 Å². The molecule has 2 rings (SSSR count). The summed E-state index contributed by atoms with van der Waals surface area (Å²) in [6.45, 7) is 4.43. The van der Waals surface area contributed by atoms with Crippen LogP contribution in [0, 0.1) is 5.92 Å². The van der Waals surface area contributed by atoms with Crippen LogP contribution in [0.3, 0.4) is 0 Å². The van der Waals surface area contributed by atoms with Gasteiger partial charge in [-0.3, -0.25) is 4.79 Å². The van der Waals surface area contributed by atoms with E-state index in [0.29, 0.717) is 18.2 Å². The molecule has 0 radical (unpaired) electrons. The number of amides is 1. The fourth-order valence-corrected chi connectivity index (χ4v) is 2.34. The molecule has 0 saturated heterocycles. The first kappa shape index (κ1) is 13.8. The Labute approximate surface area is 113 Å². The van der Waals surface area contributed by atoms with Crippen LogP contribution in [0.4, 0.5) is 5.69 Å². The van der Waals surface area contributed by atoms with E-state index in [2.05, 4.69) is 17.6 Å². The molecule has 0 aliphatic carbocycles. The molecular weight excluding hydrogens is 242 g/mol. The number of carbonyl (C=O) groups is 1. The minimum absolute atomic E-state index is 0.113. The summed E-state index contributed by atoms with van der Waals surface area (Å²) in [4.78, 5) is 11.6. The summed E-state index contributed by atoms with van der Waals surface area (Å²) in [6, 6.07) is 6.02. The van der Waals surface area contributed by atoms with Gasteiger partial charge in [-0.2, -0.15) is 0 Å². The number of fused-ring (bicyclic) bond motifs is 1. The van der Waals surface area contributed by atoms with Crippen LogP contribution in [0.2, 0.25) is 0 Å². The average molecular weight is 263 g/mol. The number of benzene rings is 1. The Kier molecular flexibility index (Phi) is 4.07. The van der Waals surface area contributed by atoms with E-state index in [0.717, 1.165) is 11.3 Å². The van der Waals surface area contributed by atoms with Crippen LogP contribution < -0.4 is 21.1 Å². The van der Waals surface area contributed by atoms with Crippen LogP contribution in [0.1, 0.15) is 25.5 Å². The maximum atomic E-state index is 11.6. The quantitative estimate of drug-likeness (QED) is 0.764. The number of nitrogens with one attached hydrogen (secondary N) is 2. The molecule has 1 aliphatic heterocycles. The number of anilines is 1. The molecule has 1 aromatic carbocycles. The number of nitrogens with two attached hydrogens (primary N) is 1. The van der Waals surface area contributed by atoms with Gasteiger partial charge in [0, 0.05) is 6.04 Å². The van der Waals surface area contributed by atoms with Gasteiger partial charge in [0.05, 0.1) is 5.69 Å². The minimum atomic E-state index is -0.443. The average Bonchev–Trinajstić information content (AvgIpc) is 2.41. The predicted molar refractivity (Wildman–Crippen MR) is 75.2 cm³/mol. The van der Waals surface area contributed by atoms with Crippen molar-refractivity contribution in [2.75, 3.05) is 18.9 Å². The molecule has 19 heavy (non-hydrogen) atoms. The summed E-state index contributed by atoms with van der Waals surface area (Å²) in [7, 11) is 1.91. The van der Waals surface area contributed by atoms with Gasteiger partial charge in [0.25, 0.3) is 5.91 Å². The second-order valence-corrected chi connectivity index (χ2v) is 4.98. The molecule has 1 aromatic rings. The lowest BCUT2D eigenvalue weighted by Gasteiger charge is -2.27. The van der Waals surface area contributed by atoms with E-state index in [1.807, 2.05) is 25.2 Å². The summed E-state index contributed by atoms with van der Waals surface area (Å²) >= 11 is 0. The molecule has 1 aliphatic rings. The highest BCUT2D eigenvalue weighted by atomic mass is 16.5. The van der Waals surface area contributed by atoms with Crippen molar-refractivity contribution < 1.29 is 9.53 Å². The van der Waals surface area contributed by atoms with Crippen molar-refractivity contribution in [1.82, 2.24) is 5.32 Å². The lowest BCUT2D eigenvalue weighted by Crippen LogP contribution is -2.34. The van der Waals surface area contributed by atoms with Crippen molar-refractivity contribution >= 4 is 11.6 Å². The molecular formula is C14H21N3O2. The third-order valence-electron chi connectivity index (χ3n) is 3.55. The number of ether oxygens (including phenoxy) is 1. The normalized spacial score (nSPS) is 21.1. The Bertz CT molecular complexity index is 476. The maximum absolute atomic E-state index is 11.6. The van der Waals surface area contributed by atoms with E-state index in [9.17, 15) is 4.79 Å². The molecule has 0 spiro atoms. The maximum Gasteiger partial charge on any atom is 0.265 e. The zero-order chi connectivity index (χ0) is 14.0. The minimum Gasteiger partial charge on any atom is -0.479 e. The van der Waals surface area contributed by atoms with Crippen LogP contribution >= 0.6 is 0 Å². The van der Waals surface area contributed by atoms with Crippen molar-refractivity contribution in [3.05, 3.63) is 23.8 Å². The number of rotatable bonds is 4. The standard InChI is InChI=1S/C14H21N3O2/c1-8(7-15)13(16-3)10-4-5-12-11(6-10)17-14(18)9(2)19-12/h4-6,8-9,13,16H,7,15H2,1-3H3,(H,17,18). The molecule has 104 valence electrons. The zero-order valence-electron chi connectivity index (χ0n) is 11.6. The van der Waals surface area contributed by atoms with Crippen LogP contribution in [-0.2, 0) is 4.79 Å². The van der Waals surface area contributed by atoms with Crippen LogP contribution in [-0.4, -0.2) is 25.6 Å². The monoisotopic (exact) mass is 263 g/mol. The van der Waals surface area contributed by atoms with Gasteiger partial charge in [-0.15, -0.1) is 0 Å². The lowest BCUT2D eigenvalue weighted by atomic mass is 9.94. The molecule has 0 bridgehead atoms. The number of carbonyl (C=O) groups excluding carboxylic acids is 1. The lowest BCUT2D eigenvalue weighted by molar-refractivity contribution is -0.122. The molecule has 0 fully saturated rings. The molecule has 1 amide bonds. The highest BCUT2D eigenvalue weighted by Crippen LogP contribution is 2.33. The van der Waals surface area contributed by atoms with Gasteiger partial charge in [0.15, 0.2) is 6.10 Å². The first-order valence-electron chi connectivity index (χ1n) is 6.55. The Morgan fingerprint density at radius 3 is 2.89 bits per heavy atom. The summed E-state index contributed by atoms with van der Waals surface area (Å²) in [6.07, 6.45) is -0.443. The largest absolute Gasteiger partial charge is 0.479 e. The van der Waals surface area contributed by atoms with E-state index in [-0.39, 0.29) is 11.9 Å². The molecule has 5 heteroatoms. The second kappa shape index (κ2) is 5.59. The fraction of sp³-hybridized carbons (Fsp3) is 0.500. The highest BCUT2D eigenvalue weighted by molar-refractivity contribution is 5.97. The number of hydrogen-bond acceptors (Lipinski definition) is 4. The molecule has 4 N–H and O–H groups in total. The number of hydrogen-bond donors (Lipinski definition) is 3. The van der Waals surface area contributed by atoms with E-state index in [4.69, 9.17) is 10.5 Å². The van der Waals surface area contributed by atoms with Gasteiger partial charge < -0.3 is 21.1 Å². The van der Waals surface area contributed by atoms with Gasteiger partial charge in [0.2, 0.25) is 0 Å². The van der Waals surface area contributed by atoms with Crippen molar-refractivity contribution in [2.45, 2.75) is 26.0 Å². The van der Waals surface area contributed by atoms with E-state index < -0.39 is 6.10 Å². The predicted octanol–water partition coefficient (Wildman–Crippen LogP) is 1.26. The van der Waals surface area contributed by atoms with Crippen molar-refractivity contribution in [3.63, 3.8) is 0 Å². The van der Waals surface area contributed by atoms with Gasteiger partial charge in [-0.1, -0.05) is 13.0 Å².